The van der Waals surface area contributed by atoms with Crippen molar-refractivity contribution >= 4 is 47.2 Å². The Labute approximate surface area is 384 Å². The lowest BCUT2D eigenvalue weighted by atomic mass is 9.67. The van der Waals surface area contributed by atoms with Crippen molar-refractivity contribution in [2.24, 2.45) is 17.8 Å². The van der Waals surface area contributed by atoms with E-state index in [0.29, 0.717) is 47.6 Å². The largest absolute Gasteiger partial charge is 0.446 e. The quantitative estimate of drug-likeness (QED) is 0.110. The molecule has 2 aromatic rings. The van der Waals surface area contributed by atoms with Crippen molar-refractivity contribution in [3.63, 3.8) is 0 Å². The van der Waals surface area contributed by atoms with Crippen molar-refractivity contribution in [2.75, 3.05) is 10.7 Å². The van der Waals surface area contributed by atoms with Crippen molar-refractivity contribution in [2.45, 2.75) is 177 Å². The lowest BCUT2D eigenvalue weighted by Gasteiger charge is -2.46. The molecule has 1 saturated heterocycles. The van der Waals surface area contributed by atoms with E-state index in [1.807, 2.05) is 42.5 Å². The van der Waals surface area contributed by atoms with E-state index in [4.69, 9.17) is 4.74 Å². The van der Waals surface area contributed by atoms with E-state index in [-0.39, 0.29) is 36.9 Å². The lowest BCUT2D eigenvalue weighted by Crippen LogP contribution is -2.60. The van der Waals surface area contributed by atoms with Gasteiger partial charge in [0.15, 0.2) is 6.17 Å². The van der Waals surface area contributed by atoms with E-state index < -0.39 is 35.2 Å². The average Bonchev–Trinajstić information content (AvgIpc) is 3.93. The first kappa shape index (κ1) is 46.0. The van der Waals surface area contributed by atoms with Crippen LogP contribution >= 0.6 is 11.8 Å². The summed E-state index contributed by atoms with van der Waals surface area (Å²) in [5.41, 5.74) is 2.47. The molecule has 8 rings (SSSR count). The van der Waals surface area contributed by atoms with Crippen LogP contribution in [-0.4, -0.2) is 63.4 Å². The highest BCUT2D eigenvalue weighted by atomic mass is 32.2. The molecule has 2 aliphatic heterocycles. The Morgan fingerprint density at radius 1 is 0.750 bits per heavy atom. The van der Waals surface area contributed by atoms with Crippen LogP contribution in [0.25, 0.3) is 0 Å². The van der Waals surface area contributed by atoms with E-state index in [0.717, 1.165) is 48.1 Å². The van der Waals surface area contributed by atoms with Gasteiger partial charge in [0.2, 0.25) is 17.7 Å². The maximum atomic E-state index is 15.1. The number of rotatable bonds is 14. The van der Waals surface area contributed by atoms with Gasteiger partial charge < -0.3 is 15.0 Å². The second-order valence-corrected chi connectivity index (χ2v) is 20.7. The van der Waals surface area contributed by atoms with Gasteiger partial charge in [-0.05, 0) is 99.3 Å². The van der Waals surface area contributed by atoms with Gasteiger partial charge >= 0.3 is 6.09 Å². The minimum atomic E-state index is -1.66. The molecule has 4 fully saturated rings. The van der Waals surface area contributed by atoms with Gasteiger partial charge in [-0.2, -0.15) is 0 Å². The van der Waals surface area contributed by atoms with Crippen LogP contribution in [0.5, 0.6) is 0 Å². The Hall–Kier alpha value is -4.56. The molecule has 10 nitrogen and oxygen atoms in total. The zero-order chi connectivity index (χ0) is 44.3. The van der Waals surface area contributed by atoms with E-state index in [1.54, 1.807) is 6.07 Å². The molecule has 0 aromatic heterocycles. The molecule has 64 heavy (non-hydrogen) atoms. The fourth-order valence-electron chi connectivity index (χ4n) is 11.7. The third kappa shape index (κ3) is 11.4. The molecule has 0 spiro atoms. The van der Waals surface area contributed by atoms with Crippen LogP contribution < -0.4 is 15.5 Å². The number of fused-ring (bicyclic) bond motifs is 2. The SMILES string of the molecule is O=C(CCSC1CC(=O)N(C(NC(=O)O[C@H]2CCC=CCCC2)C(=O)N2Cc3ccccc3C#Cc3ccccc32)C1=O)NC(CC1CCCCC1)(CC1CCCCC1)C1CCCC1. The molecular formula is C53H68N4O6S. The van der Waals surface area contributed by atoms with Crippen LogP contribution in [0.3, 0.4) is 0 Å². The number of nitrogens with one attached hydrogen (secondary N) is 2. The molecule has 4 aliphatic carbocycles. The Morgan fingerprint density at radius 2 is 1.39 bits per heavy atom. The Bertz CT molecular complexity index is 2050. The normalized spacial score (nSPS) is 22.8. The van der Waals surface area contributed by atoms with E-state index >= 15 is 4.79 Å². The minimum absolute atomic E-state index is 0.0287. The zero-order valence-corrected chi connectivity index (χ0v) is 38.5. The first-order valence-corrected chi connectivity index (χ1v) is 25.7. The van der Waals surface area contributed by atoms with Gasteiger partial charge in [-0.25, -0.2) is 4.79 Å². The zero-order valence-electron chi connectivity index (χ0n) is 37.7. The number of anilines is 1. The maximum Gasteiger partial charge on any atom is 0.409 e. The predicted octanol–water partition coefficient (Wildman–Crippen LogP) is 10.1. The van der Waals surface area contributed by atoms with Gasteiger partial charge in [0.1, 0.15) is 6.10 Å². The van der Waals surface area contributed by atoms with Gasteiger partial charge in [0.05, 0.1) is 17.5 Å². The van der Waals surface area contributed by atoms with Crippen LogP contribution in [-0.2, 0) is 30.5 Å². The molecule has 342 valence electrons. The summed E-state index contributed by atoms with van der Waals surface area (Å²) in [6, 6.07) is 14.8. The van der Waals surface area contributed by atoms with E-state index in [1.165, 1.54) is 107 Å². The molecule has 11 heteroatoms. The fourth-order valence-corrected chi connectivity index (χ4v) is 12.8. The summed E-state index contributed by atoms with van der Waals surface area (Å²) in [5.74, 6) is 6.85. The highest BCUT2D eigenvalue weighted by Gasteiger charge is 2.48. The summed E-state index contributed by atoms with van der Waals surface area (Å²) in [4.78, 5) is 74.1. The van der Waals surface area contributed by atoms with Crippen LogP contribution in [0, 0.1) is 29.6 Å². The monoisotopic (exact) mass is 888 g/mol. The highest BCUT2D eigenvalue weighted by Crippen LogP contribution is 2.46. The third-order valence-electron chi connectivity index (χ3n) is 14.9. The topological polar surface area (TPSA) is 125 Å². The Morgan fingerprint density at radius 3 is 2.12 bits per heavy atom. The van der Waals surface area contributed by atoms with E-state index in [9.17, 15) is 19.2 Å². The number of amides is 5. The smallest absolute Gasteiger partial charge is 0.409 e. The second kappa shape index (κ2) is 22.1. The molecule has 2 N–H and O–H groups in total. The van der Waals surface area contributed by atoms with Crippen molar-refractivity contribution in [3.8, 4) is 11.8 Å². The molecule has 0 radical (unpaired) electrons. The number of ether oxygens (including phenoxy) is 1. The summed E-state index contributed by atoms with van der Waals surface area (Å²) in [7, 11) is 0. The van der Waals surface area contributed by atoms with Gasteiger partial charge in [-0.3, -0.25) is 29.4 Å². The van der Waals surface area contributed by atoms with Crippen molar-refractivity contribution in [3.05, 3.63) is 77.4 Å². The number of carbonyl (C=O) groups is 5. The molecule has 3 atom stereocenters. The number of thioether (sulfide) groups is 1. The van der Waals surface area contributed by atoms with E-state index in [2.05, 4.69) is 34.6 Å². The number of hydrogen-bond donors (Lipinski definition) is 2. The maximum absolute atomic E-state index is 15.1. The molecule has 3 saturated carbocycles. The number of alkyl carbamates (subject to hydrolysis) is 1. The van der Waals surface area contributed by atoms with Crippen LogP contribution in [0.15, 0.2) is 60.7 Å². The molecule has 5 amide bonds. The molecular weight excluding hydrogens is 821 g/mol. The fraction of sp³-hybridized carbons (Fsp3) is 0.604. The van der Waals surface area contributed by atoms with Crippen LogP contribution in [0.4, 0.5) is 10.5 Å². The highest BCUT2D eigenvalue weighted by molar-refractivity contribution is 8.00. The van der Waals surface area contributed by atoms with Gasteiger partial charge in [-0.1, -0.05) is 131 Å². The van der Waals surface area contributed by atoms with Crippen molar-refractivity contribution < 1.29 is 28.7 Å². The summed E-state index contributed by atoms with van der Waals surface area (Å²) in [5, 5.41) is 5.64. The number of allylic oxidation sites excluding steroid dienone is 2. The lowest BCUT2D eigenvalue weighted by molar-refractivity contribution is -0.146. The standard InChI is InChI=1S/C53H68N4O6S/c58-47(55-53(43-25-15-16-26-43,35-38-18-6-4-7-19-38)36-39-20-8-5-9-21-39)32-33-64-46-34-48(59)57(50(46)60)49(54-52(62)63-44-27-10-2-1-3-11-28-44)51(61)56-37-42-24-13-12-22-40(42)30-31-41-23-14-17-29-45(41)56/h1-2,12-14,17,22-24,29,38-39,43-44,46,49H,3-11,15-16,18-21,25-28,32-37H2,(H,54,62)(H,55,58)/t44-,46?,49?/m0/s1. The number of imide groups is 1. The Balaban J connectivity index is 0.991. The van der Waals surface area contributed by atoms with Crippen LogP contribution in [0.2, 0.25) is 0 Å². The minimum Gasteiger partial charge on any atom is -0.446 e. The number of para-hydroxylation sites is 1. The molecule has 2 aromatic carbocycles. The van der Waals surface area contributed by atoms with Crippen molar-refractivity contribution in [1.82, 2.24) is 15.5 Å². The second-order valence-electron chi connectivity index (χ2n) is 19.4. The van der Waals surface area contributed by atoms with Crippen molar-refractivity contribution in [1.29, 1.82) is 0 Å². The Kier molecular flexibility index (Phi) is 15.9. The number of hydrogen-bond acceptors (Lipinski definition) is 7. The summed E-state index contributed by atoms with van der Waals surface area (Å²) in [6.07, 6.45) is 24.9. The van der Waals surface area contributed by atoms with Crippen LogP contribution in [0.1, 0.15) is 164 Å². The molecule has 0 bridgehead atoms. The first-order valence-electron chi connectivity index (χ1n) is 24.7. The average molecular weight is 889 g/mol. The molecule has 6 aliphatic rings. The number of likely N-dealkylation sites (tertiary alicyclic amines) is 1. The van der Waals surface area contributed by atoms with Gasteiger partial charge in [0, 0.05) is 35.3 Å². The summed E-state index contributed by atoms with van der Waals surface area (Å²) < 4.78 is 5.91. The van der Waals surface area contributed by atoms with Gasteiger partial charge in [-0.15, -0.1) is 11.8 Å². The third-order valence-corrected chi connectivity index (χ3v) is 16.2. The number of carbonyl (C=O) groups excluding carboxylic acids is 5. The van der Waals surface area contributed by atoms with Gasteiger partial charge in [0.25, 0.3) is 5.91 Å². The molecule has 2 unspecified atom stereocenters. The molecule has 2 heterocycles. The predicted molar refractivity (Wildman–Crippen MR) is 252 cm³/mol. The number of nitrogens with zero attached hydrogens (tertiary/aromatic N) is 2. The number of benzene rings is 2. The first-order chi connectivity index (χ1) is 31.3. The summed E-state index contributed by atoms with van der Waals surface area (Å²) >= 11 is 1.29. The summed E-state index contributed by atoms with van der Waals surface area (Å²) in [6.45, 7) is 0.107.